The van der Waals surface area contributed by atoms with E-state index in [1.807, 2.05) is 19.4 Å². The van der Waals surface area contributed by atoms with Gasteiger partial charge < -0.3 is 34.5 Å². The molecule has 0 bridgehead atoms. The van der Waals surface area contributed by atoms with Gasteiger partial charge in [-0.1, -0.05) is 0 Å². The number of nitrogens with one attached hydrogen (secondary N) is 2. The summed E-state index contributed by atoms with van der Waals surface area (Å²) in [5.41, 5.74) is 5.71. The number of hydrogen-bond acceptors (Lipinski definition) is 13. The van der Waals surface area contributed by atoms with Gasteiger partial charge in [0.2, 0.25) is 5.95 Å². The third-order valence-corrected chi connectivity index (χ3v) is 12.0. The average molecular weight is 762 g/mol. The molecule has 260 valence electrons. The number of fused-ring (bicyclic) bond motifs is 1. The van der Waals surface area contributed by atoms with Crippen molar-refractivity contribution in [3.05, 3.63) is 59.7 Å². The predicted octanol–water partition coefficient (Wildman–Crippen LogP) is 5.36. The number of methoxy groups -OCH3 is 1. The van der Waals surface area contributed by atoms with Gasteiger partial charge >= 0.3 is 0 Å². The molecule has 2 fully saturated rings. The van der Waals surface area contributed by atoms with Crippen molar-refractivity contribution in [1.29, 1.82) is 0 Å². The van der Waals surface area contributed by atoms with Crippen LogP contribution in [0.1, 0.15) is 12.8 Å². The number of benzene rings is 2. The Morgan fingerprint density at radius 3 is 2.52 bits per heavy atom. The number of aromatic nitrogens is 6. The number of nitrogens with zero attached hydrogens (tertiary/aromatic N) is 8. The Morgan fingerprint density at radius 1 is 1.04 bits per heavy atom. The summed E-state index contributed by atoms with van der Waals surface area (Å²) < 4.78 is 27.2. The fourth-order valence-electron chi connectivity index (χ4n) is 7.13. The van der Waals surface area contributed by atoms with Gasteiger partial charge in [0.25, 0.3) is 6.47 Å². The Hall–Kier alpha value is -4.59. The van der Waals surface area contributed by atoms with E-state index in [0.717, 1.165) is 55.8 Å². The zero-order valence-corrected chi connectivity index (χ0v) is 30.7. The Kier molecular flexibility index (Phi) is 9.22. The molecule has 2 N–H and O–H groups in total. The van der Waals surface area contributed by atoms with Crippen molar-refractivity contribution in [3.63, 3.8) is 0 Å². The van der Waals surface area contributed by atoms with Crippen LogP contribution in [-0.2, 0) is 21.1 Å². The summed E-state index contributed by atoms with van der Waals surface area (Å²) in [5, 5.41) is 11.5. The van der Waals surface area contributed by atoms with Gasteiger partial charge in [0, 0.05) is 80.9 Å². The number of halogens is 1. The number of ether oxygens (including phenoxy) is 2. The second kappa shape index (κ2) is 13.6. The van der Waals surface area contributed by atoms with E-state index in [0.29, 0.717) is 55.1 Å². The number of likely N-dealkylation sites (tertiary alicyclic amines) is 1. The first kappa shape index (κ1) is 33.9. The first-order valence-electron chi connectivity index (χ1n) is 16.2. The molecule has 1 unspecified atom stereocenters. The van der Waals surface area contributed by atoms with Crippen LogP contribution < -0.4 is 25.6 Å². The highest BCUT2D eigenvalue weighted by atomic mass is 79.9. The standard InChI is InChI=1S/C34H38BrN10O4P/c1-43-18-34(19-43)7-11-45(12-8-34)28-14-29(48-3)27(13-23(28)22-15-39-44(2)17-22)41-33-38-16-24(35)32(42-33)40-26-6-5-25-30(37-10-9-36-25)31(26)50(4,47)21-49-20-46/h5-6,9-10,13-17,20H,7-8,11-12,18-19,21H2,1-4H3,(H2,38,40,41,42). The molecule has 7 rings (SSSR count). The normalized spacial score (nSPS) is 16.9. The van der Waals surface area contributed by atoms with Crippen LogP contribution in [0, 0.1) is 5.41 Å². The van der Waals surface area contributed by atoms with Gasteiger partial charge in [0.1, 0.15) is 23.4 Å². The lowest BCUT2D eigenvalue weighted by molar-refractivity contribution is -0.126. The van der Waals surface area contributed by atoms with Crippen LogP contribution in [0.15, 0.2) is 59.7 Å². The fraction of sp³-hybridized carbons (Fsp3) is 0.353. The van der Waals surface area contributed by atoms with E-state index in [-0.39, 0.29) is 12.8 Å². The third kappa shape index (κ3) is 6.64. The lowest BCUT2D eigenvalue weighted by Gasteiger charge is -2.53. The molecule has 5 aromatic rings. The molecule has 14 nitrogen and oxygen atoms in total. The Morgan fingerprint density at radius 2 is 1.82 bits per heavy atom. The van der Waals surface area contributed by atoms with Gasteiger partial charge in [-0.15, -0.1) is 0 Å². The molecule has 2 saturated heterocycles. The molecule has 2 aromatic carbocycles. The predicted molar refractivity (Wildman–Crippen MR) is 198 cm³/mol. The van der Waals surface area contributed by atoms with E-state index in [9.17, 15) is 9.36 Å². The van der Waals surface area contributed by atoms with Crippen LogP contribution >= 0.6 is 23.1 Å². The highest BCUT2D eigenvalue weighted by molar-refractivity contribution is 9.10. The Labute approximate surface area is 298 Å². The van der Waals surface area contributed by atoms with E-state index in [4.69, 9.17) is 14.5 Å². The first-order valence-corrected chi connectivity index (χ1v) is 19.3. The summed E-state index contributed by atoms with van der Waals surface area (Å²) >= 11 is 3.56. The highest BCUT2D eigenvalue weighted by Crippen LogP contribution is 2.46. The number of piperidine rings is 1. The molecule has 1 atom stereocenters. The van der Waals surface area contributed by atoms with E-state index < -0.39 is 7.14 Å². The van der Waals surface area contributed by atoms with Gasteiger partial charge in [-0.2, -0.15) is 10.1 Å². The second-order valence-electron chi connectivity index (χ2n) is 13.2. The molecule has 5 heterocycles. The summed E-state index contributed by atoms with van der Waals surface area (Å²) in [5.74, 6) is 1.36. The molecular weight excluding hydrogens is 723 g/mol. The first-order chi connectivity index (χ1) is 24.1. The van der Waals surface area contributed by atoms with Crippen molar-refractivity contribution in [2.45, 2.75) is 12.8 Å². The second-order valence-corrected chi connectivity index (χ2v) is 16.9. The number of carbonyl (C=O) groups excluding carboxylic acids is 1. The molecule has 0 saturated carbocycles. The van der Waals surface area contributed by atoms with Crippen molar-refractivity contribution in [3.8, 4) is 16.9 Å². The highest BCUT2D eigenvalue weighted by Gasteiger charge is 2.43. The van der Waals surface area contributed by atoms with Crippen molar-refractivity contribution >= 4 is 74.7 Å². The molecule has 3 aromatic heterocycles. The van der Waals surface area contributed by atoms with Gasteiger partial charge in [-0.25, -0.2) is 4.98 Å². The van der Waals surface area contributed by atoms with Crippen LogP contribution in [0.25, 0.3) is 22.2 Å². The maximum Gasteiger partial charge on any atom is 0.293 e. The van der Waals surface area contributed by atoms with E-state index >= 15 is 0 Å². The van der Waals surface area contributed by atoms with Crippen LogP contribution in [-0.4, -0.2) is 94.4 Å². The Balaban J connectivity index is 1.22. The maximum absolute atomic E-state index is 13.9. The molecule has 16 heteroatoms. The summed E-state index contributed by atoms with van der Waals surface area (Å²) in [6, 6.07) is 7.68. The minimum Gasteiger partial charge on any atom is -0.494 e. The van der Waals surface area contributed by atoms with Crippen LogP contribution in [0.4, 0.5) is 28.8 Å². The topological polar surface area (TPSA) is 153 Å². The summed E-state index contributed by atoms with van der Waals surface area (Å²) in [4.78, 5) is 34.0. The van der Waals surface area contributed by atoms with Gasteiger partial charge in [0.05, 0.1) is 40.0 Å². The van der Waals surface area contributed by atoms with E-state index in [2.05, 4.69) is 75.6 Å². The Bertz CT molecular complexity index is 2110. The zero-order valence-electron chi connectivity index (χ0n) is 28.3. The third-order valence-electron chi connectivity index (χ3n) is 9.43. The fourth-order valence-corrected chi connectivity index (χ4v) is 9.15. The molecule has 2 aliphatic heterocycles. The molecule has 0 radical (unpaired) electrons. The number of rotatable bonds is 11. The molecule has 0 amide bonds. The largest absolute Gasteiger partial charge is 0.494 e. The lowest BCUT2D eigenvalue weighted by atomic mass is 9.72. The van der Waals surface area contributed by atoms with Crippen LogP contribution in [0.5, 0.6) is 5.75 Å². The molecule has 1 spiro atoms. The van der Waals surface area contributed by atoms with Gasteiger partial charge in [-0.05, 0) is 66.1 Å². The minimum absolute atomic E-state index is 0.287. The van der Waals surface area contributed by atoms with Gasteiger partial charge in [-0.3, -0.25) is 19.4 Å². The quantitative estimate of drug-likeness (QED) is 0.131. The summed E-state index contributed by atoms with van der Waals surface area (Å²) in [6.45, 7) is 6.10. The average Bonchev–Trinajstić information content (AvgIpc) is 3.54. The number of aryl methyl sites for hydroxylation is 1. The smallest absolute Gasteiger partial charge is 0.293 e. The van der Waals surface area contributed by atoms with E-state index in [1.165, 1.54) is 6.20 Å². The summed E-state index contributed by atoms with van der Waals surface area (Å²) in [6.07, 6.45) is 10.6. The molecule has 2 aliphatic rings. The monoisotopic (exact) mass is 760 g/mol. The number of carbonyl (C=O) groups is 1. The van der Waals surface area contributed by atoms with Crippen molar-refractivity contribution in [2.75, 3.05) is 68.9 Å². The van der Waals surface area contributed by atoms with Crippen LogP contribution in [0.2, 0.25) is 0 Å². The number of anilines is 5. The maximum atomic E-state index is 13.9. The lowest BCUT2D eigenvalue weighted by Crippen LogP contribution is -2.58. The summed E-state index contributed by atoms with van der Waals surface area (Å²) in [7, 11) is 2.50. The van der Waals surface area contributed by atoms with Gasteiger partial charge in [0.15, 0.2) is 7.14 Å². The SMILES string of the molecule is COc1cc(N2CCC3(CC2)CN(C)C3)c(-c2cnn(C)c2)cc1Nc1ncc(Br)c(Nc2ccc3nccnc3c2P(C)(=O)COC=O)n1. The van der Waals surface area contributed by atoms with E-state index in [1.54, 1.807) is 43.0 Å². The molecule has 50 heavy (non-hydrogen) atoms. The molecule has 0 aliphatic carbocycles. The zero-order chi connectivity index (χ0) is 35.0. The van der Waals surface area contributed by atoms with Crippen molar-refractivity contribution < 1.29 is 18.8 Å². The van der Waals surface area contributed by atoms with Crippen LogP contribution in [0.3, 0.4) is 0 Å². The van der Waals surface area contributed by atoms with Crippen molar-refractivity contribution in [1.82, 2.24) is 34.6 Å². The molecular formula is C34H38BrN10O4P. The van der Waals surface area contributed by atoms with Crippen molar-refractivity contribution in [2.24, 2.45) is 12.5 Å². The number of hydrogen-bond donors (Lipinski definition) is 2. The minimum atomic E-state index is -3.25.